The number of methoxy groups -OCH3 is 1. The standard InChI is InChI=1S/C26H28N2O4/c1-31-21-13-11-20(12-14-21)17-24-26(30)28(22-9-5-6-10-23(22)32-24)18-25(29)27-16-15-19-7-3-2-4-8-19/h5-7,9-14,17H,2-4,8,15-16,18H2,1H3,(H,27,29)/b24-17-. The minimum Gasteiger partial charge on any atom is -0.497 e. The van der Waals surface area contributed by atoms with Crippen LogP contribution in [0.5, 0.6) is 11.5 Å². The number of fused-ring (bicyclic) bond motifs is 1. The summed E-state index contributed by atoms with van der Waals surface area (Å²) >= 11 is 0. The van der Waals surface area contributed by atoms with Crippen LogP contribution in [-0.2, 0) is 9.59 Å². The molecule has 0 aromatic heterocycles. The molecule has 6 nitrogen and oxygen atoms in total. The van der Waals surface area contributed by atoms with Gasteiger partial charge < -0.3 is 14.8 Å². The number of hydrogen-bond acceptors (Lipinski definition) is 4. The number of rotatable bonds is 7. The molecule has 2 aromatic rings. The molecule has 0 bridgehead atoms. The number of benzene rings is 2. The molecule has 1 aliphatic carbocycles. The second-order valence-electron chi connectivity index (χ2n) is 7.95. The minimum atomic E-state index is -0.343. The number of amides is 2. The van der Waals surface area contributed by atoms with Crippen LogP contribution in [0, 0.1) is 0 Å². The van der Waals surface area contributed by atoms with E-state index in [4.69, 9.17) is 9.47 Å². The van der Waals surface area contributed by atoms with Crippen LogP contribution in [-0.4, -0.2) is 32.0 Å². The van der Waals surface area contributed by atoms with E-state index >= 15 is 0 Å². The number of ether oxygens (including phenoxy) is 2. The normalized spacial score (nSPS) is 16.8. The van der Waals surface area contributed by atoms with E-state index in [9.17, 15) is 9.59 Å². The Morgan fingerprint density at radius 1 is 1.16 bits per heavy atom. The number of para-hydroxylation sites is 2. The molecule has 0 saturated heterocycles. The molecule has 4 rings (SSSR count). The molecule has 1 aliphatic heterocycles. The molecular formula is C26H28N2O4. The molecule has 2 aromatic carbocycles. The van der Waals surface area contributed by atoms with Crippen molar-refractivity contribution in [2.45, 2.75) is 32.1 Å². The summed E-state index contributed by atoms with van der Waals surface area (Å²) < 4.78 is 11.1. The Kier molecular flexibility index (Phi) is 6.90. The Hall–Kier alpha value is -3.54. The van der Waals surface area contributed by atoms with E-state index in [0.717, 1.165) is 30.6 Å². The van der Waals surface area contributed by atoms with Crippen LogP contribution < -0.4 is 19.7 Å². The molecule has 0 radical (unpaired) electrons. The minimum absolute atomic E-state index is 0.0573. The van der Waals surface area contributed by atoms with Gasteiger partial charge >= 0.3 is 0 Å². The van der Waals surface area contributed by atoms with Crippen LogP contribution in [0.3, 0.4) is 0 Å². The second kappa shape index (κ2) is 10.2. The molecule has 0 fully saturated rings. The average Bonchev–Trinajstić information content (AvgIpc) is 2.83. The third kappa shape index (κ3) is 5.19. The van der Waals surface area contributed by atoms with Crippen LogP contribution in [0.1, 0.15) is 37.7 Å². The Labute approximate surface area is 188 Å². The molecule has 0 atom stereocenters. The highest BCUT2D eigenvalue weighted by Crippen LogP contribution is 2.35. The van der Waals surface area contributed by atoms with Crippen molar-refractivity contribution in [2.24, 2.45) is 0 Å². The van der Waals surface area contributed by atoms with Crippen molar-refractivity contribution in [2.75, 3.05) is 25.1 Å². The molecule has 2 aliphatic rings. The largest absolute Gasteiger partial charge is 0.497 e. The predicted molar refractivity (Wildman–Crippen MR) is 125 cm³/mol. The third-order valence-electron chi connectivity index (χ3n) is 5.70. The van der Waals surface area contributed by atoms with Gasteiger partial charge in [0, 0.05) is 6.54 Å². The second-order valence-corrected chi connectivity index (χ2v) is 7.95. The number of anilines is 1. The summed E-state index contributed by atoms with van der Waals surface area (Å²) in [6, 6.07) is 14.6. The first-order valence-electron chi connectivity index (χ1n) is 11.0. The first kappa shape index (κ1) is 21.7. The first-order valence-corrected chi connectivity index (χ1v) is 11.0. The van der Waals surface area contributed by atoms with Gasteiger partial charge in [0.2, 0.25) is 5.91 Å². The van der Waals surface area contributed by atoms with Gasteiger partial charge in [-0.1, -0.05) is 35.9 Å². The lowest BCUT2D eigenvalue weighted by Crippen LogP contribution is -2.44. The van der Waals surface area contributed by atoms with E-state index in [0.29, 0.717) is 18.0 Å². The zero-order valence-electron chi connectivity index (χ0n) is 18.3. The summed E-state index contributed by atoms with van der Waals surface area (Å²) in [6.07, 6.45) is 9.55. The van der Waals surface area contributed by atoms with Crippen molar-refractivity contribution in [1.29, 1.82) is 0 Å². The van der Waals surface area contributed by atoms with Crippen LogP contribution in [0.2, 0.25) is 0 Å². The fraction of sp³-hybridized carbons (Fsp3) is 0.308. The fourth-order valence-corrected chi connectivity index (χ4v) is 3.96. The summed E-state index contributed by atoms with van der Waals surface area (Å²) in [4.78, 5) is 27.3. The number of carbonyl (C=O) groups excluding carboxylic acids is 2. The molecule has 6 heteroatoms. The fourth-order valence-electron chi connectivity index (χ4n) is 3.96. The van der Waals surface area contributed by atoms with Crippen molar-refractivity contribution in [3.8, 4) is 11.5 Å². The zero-order chi connectivity index (χ0) is 22.3. The highest BCUT2D eigenvalue weighted by atomic mass is 16.5. The summed E-state index contributed by atoms with van der Waals surface area (Å²) in [5.74, 6) is 0.927. The molecule has 2 amide bonds. The Bertz CT molecular complexity index is 1040. The molecule has 0 saturated carbocycles. The van der Waals surface area contributed by atoms with Crippen LogP contribution in [0.25, 0.3) is 6.08 Å². The number of carbonyl (C=O) groups is 2. The molecular weight excluding hydrogens is 404 g/mol. The monoisotopic (exact) mass is 432 g/mol. The van der Waals surface area contributed by atoms with Gasteiger partial charge in [-0.2, -0.15) is 0 Å². The summed E-state index contributed by atoms with van der Waals surface area (Å²) in [7, 11) is 1.60. The zero-order valence-corrected chi connectivity index (χ0v) is 18.3. The van der Waals surface area contributed by atoms with Gasteiger partial charge in [-0.3, -0.25) is 14.5 Å². The quantitative estimate of drug-likeness (QED) is 0.518. The lowest BCUT2D eigenvalue weighted by atomic mass is 9.97. The van der Waals surface area contributed by atoms with Crippen molar-refractivity contribution >= 4 is 23.6 Å². The molecule has 1 N–H and O–H groups in total. The van der Waals surface area contributed by atoms with Gasteiger partial charge in [-0.15, -0.1) is 0 Å². The van der Waals surface area contributed by atoms with E-state index in [-0.39, 0.29) is 24.1 Å². The lowest BCUT2D eigenvalue weighted by Gasteiger charge is -2.30. The van der Waals surface area contributed by atoms with Crippen molar-refractivity contribution in [3.63, 3.8) is 0 Å². The van der Waals surface area contributed by atoms with Crippen molar-refractivity contribution in [3.05, 3.63) is 71.5 Å². The molecule has 1 heterocycles. The van der Waals surface area contributed by atoms with Crippen LogP contribution in [0.4, 0.5) is 5.69 Å². The van der Waals surface area contributed by atoms with E-state index in [1.807, 2.05) is 36.4 Å². The van der Waals surface area contributed by atoms with E-state index in [1.54, 1.807) is 25.3 Å². The SMILES string of the molecule is COc1ccc(/C=C2\Oc3ccccc3N(CC(=O)NCCC3=CCCCC3)C2=O)cc1. The van der Waals surface area contributed by atoms with Crippen LogP contribution in [0.15, 0.2) is 65.9 Å². The van der Waals surface area contributed by atoms with Gasteiger partial charge in [0.05, 0.1) is 12.8 Å². The van der Waals surface area contributed by atoms with E-state index in [1.165, 1.54) is 23.3 Å². The van der Waals surface area contributed by atoms with Gasteiger partial charge in [-0.25, -0.2) is 0 Å². The maximum Gasteiger partial charge on any atom is 0.294 e. The number of nitrogens with zero attached hydrogens (tertiary/aromatic N) is 1. The smallest absolute Gasteiger partial charge is 0.294 e. The molecule has 0 unspecified atom stereocenters. The molecule has 32 heavy (non-hydrogen) atoms. The van der Waals surface area contributed by atoms with Crippen LogP contribution >= 0.6 is 0 Å². The maximum absolute atomic E-state index is 13.2. The number of nitrogens with one attached hydrogen (secondary N) is 1. The summed E-state index contributed by atoms with van der Waals surface area (Å²) in [6.45, 7) is 0.525. The number of allylic oxidation sites excluding steroid dienone is 1. The Balaban J connectivity index is 1.47. The molecule has 0 spiro atoms. The topological polar surface area (TPSA) is 67.9 Å². The van der Waals surface area contributed by atoms with Gasteiger partial charge in [0.25, 0.3) is 5.91 Å². The van der Waals surface area contributed by atoms with Crippen molar-refractivity contribution in [1.82, 2.24) is 5.32 Å². The van der Waals surface area contributed by atoms with E-state index in [2.05, 4.69) is 11.4 Å². The van der Waals surface area contributed by atoms with Gasteiger partial charge in [0.1, 0.15) is 12.3 Å². The highest BCUT2D eigenvalue weighted by Gasteiger charge is 2.31. The highest BCUT2D eigenvalue weighted by molar-refractivity contribution is 6.12. The van der Waals surface area contributed by atoms with E-state index < -0.39 is 0 Å². The third-order valence-corrected chi connectivity index (χ3v) is 5.70. The number of hydrogen-bond donors (Lipinski definition) is 1. The Morgan fingerprint density at radius 2 is 1.97 bits per heavy atom. The summed E-state index contributed by atoms with van der Waals surface area (Å²) in [5, 5.41) is 2.96. The Morgan fingerprint density at radius 3 is 2.72 bits per heavy atom. The maximum atomic E-state index is 13.2. The van der Waals surface area contributed by atoms with Gasteiger partial charge in [0.15, 0.2) is 11.5 Å². The van der Waals surface area contributed by atoms with Crippen molar-refractivity contribution < 1.29 is 19.1 Å². The summed E-state index contributed by atoms with van der Waals surface area (Å²) in [5.41, 5.74) is 2.81. The average molecular weight is 433 g/mol. The van der Waals surface area contributed by atoms with Gasteiger partial charge in [-0.05, 0) is 68.0 Å². The predicted octanol–water partition coefficient (Wildman–Crippen LogP) is 4.47. The first-order chi connectivity index (χ1) is 15.6. The molecule has 166 valence electrons. The lowest BCUT2D eigenvalue weighted by molar-refractivity contribution is -0.123.